The Morgan fingerprint density at radius 1 is 0.978 bits per heavy atom. The van der Waals surface area contributed by atoms with Gasteiger partial charge in [-0.15, -0.1) is 11.3 Å². The zero-order valence-corrected chi connectivity index (χ0v) is 28.4. The average molecular weight is 669 g/mol. The number of ether oxygens (including phenoxy) is 1. The Morgan fingerprint density at radius 3 is 2.50 bits per heavy atom. The first kappa shape index (κ1) is 32.8. The molecular weight excluding hydrogens is 625 g/mol. The minimum atomic E-state index is -3.16. The summed E-state index contributed by atoms with van der Waals surface area (Å²) in [4.78, 5) is 30.3. The molecule has 0 bridgehead atoms. The number of unbranched alkanes of at least 4 members (excludes halogenated alkanes) is 3. The number of thiophene rings is 1. The molecule has 2 saturated heterocycles. The van der Waals surface area contributed by atoms with Crippen molar-refractivity contribution in [3.8, 4) is 11.4 Å². The topological polar surface area (TPSA) is 128 Å². The largest absolute Gasteiger partial charge is 0.466 e. The number of nitrogens with zero attached hydrogens (tertiary/aromatic N) is 7. The van der Waals surface area contributed by atoms with E-state index in [4.69, 9.17) is 14.7 Å². The van der Waals surface area contributed by atoms with Gasteiger partial charge in [-0.25, -0.2) is 18.4 Å². The van der Waals surface area contributed by atoms with Gasteiger partial charge >= 0.3 is 5.97 Å². The number of fused-ring (bicyclic) bond motifs is 2. The van der Waals surface area contributed by atoms with Gasteiger partial charge in [0, 0.05) is 81.2 Å². The van der Waals surface area contributed by atoms with Gasteiger partial charge in [0.2, 0.25) is 10.0 Å². The summed E-state index contributed by atoms with van der Waals surface area (Å²) in [6.45, 7) is 10.3. The van der Waals surface area contributed by atoms with Crippen molar-refractivity contribution in [2.24, 2.45) is 0 Å². The fourth-order valence-corrected chi connectivity index (χ4v) is 8.34. The number of hydrogen-bond acceptors (Lipinski definition) is 11. The van der Waals surface area contributed by atoms with E-state index in [2.05, 4.69) is 37.0 Å². The summed E-state index contributed by atoms with van der Waals surface area (Å²) in [5.74, 6) is 1.59. The van der Waals surface area contributed by atoms with Gasteiger partial charge < -0.3 is 9.64 Å². The van der Waals surface area contributed by atoms with Crippen LogP contribution in [0.1, 0.15) is 43.9 Å². The molecule has 46 heavy (non-hydrogen) atoms. The standard InChI is InChI=1S/C32H44N8O4S2/c1-3-44-29(41)11-6-4-5-7-12-37-13-17-39(18-14-37)32-30-28(34-31(35-32)25-9-8-10-27-26(25)22-33-36-27)21-24(45-30)23-38-15-19-40(20-16-38)46(2,42)43/h8-10,21-22H,3-7,11-20,23H2,1-2H3,(H,33,36). The number of aromatic amines is 1. The van der Waals surface area contributed by atoms with Gasteiger partial charge in [-0.2, -0.15) is 9.40 Å². The zero-order chi connectivity index (χ0) is 32.1. The number of carbonyl (C=O) groups is 1. The maximum atomic E-state index is 12.0. The highest BCUT2D eigenvalue weighted by molar-refractivity contribution is 7.88. The Kier molecular flexibility index (Phi) is 10.5. The maximum Gasteiger partial charge on any atom is 0.305 e. The lowest BCUT2D eigenvalue weighted by Crippen LogP contribution is -2.47. The number of carbonyl (C=O) groups excluding carboxylic acids is 1. The van der Waals surface area contributed by atoms with Crippen molar-refractivity contribution in [1.29, 1.82) is 0 Å². The molecule has 6 rings (SSSR count). The Hall–Kier alpha value is -3.17. The van der Waals surface area contributed by atoms with Crippen LogP contribution in [0.5, 0.6) is 0 Å². The molecule has 0 aliphatic carbocycles. The van der Waals surface area contributed by atoms with Crippen molar-refractivity contribution in [2.45, 2.75) is 45.6 Å². The fourth-order valence-electron chi connectivity index (χ4n) is 6.35. The third-order valence-electron chi connectivity index (χ3n) is 8.89. The summed E-state index contributed by atoms with van der Waals surface area (Å²) >= 11 is 1.75. The predicted molar refractivity (Wildman–Crippen MR) is 183 cm³/mol. The van der Waals surface area contributed by atoms with Gasteiger partial charge in [-0.3, -0.25) is 19.7 Å². The molecule has 0 unspecified atom stereocenters. The van der Waals surface area contributed by atoms with Crippen LogP contribution in [0.2, 0.25) is 0 Å². The first-order chi connectivity index (χ1) is 22.3. The molecule has 4 aromatic rings. The summed E-state index contributed by atoms with van der Waals surface area (Å²) in [6, 6.07) is 8.26. The minimum Gasteiger partial charge on any atom is -0.466 e. The highest BCUT2D eigenvalue weighted by atomic mass is 32.2. The molecule has 2 aliphatic rings. The van der Waals surface area contributed by atoms with Crippen LogP contribution in [0.3, 0.4) is 0 Å². The fraction of sp³-hybridized carbons (Fsp3) is 0.562. The number of rotatable bonds is 13. The van der Waals surface area contributed by atoms with E-state index in [1.807, 2.05) is 25.3 Å². The van der Waals surface area contributed by atoms with Gasteiger partial charge in [0.15, 0.2) is 11.6 Å². The van der Waals surface area contributed by atoms with Crippen molar-refractivity contribution in [3.05, 3.63) is 35.3 Å². The summed E-state index contributed by atoms with van der Waals surface area (Å²) in [6.07, 6.45) is 7.84. The number of piperazine rings is 2. The number of anilines is 1. The van der Waals surface area contributed by atoms with E-state index in [1.54, 1.807) is 15.6 Å². The Balaban J connectivity index is 1.15. The zero-order valence-electron chi connectivity index (χ0n) is 26.8. The summed E-state index contributed by atoms with van der Waals surface area (Å²) in [5, 5.41) is 8.32. The van der Waals surface area contributed by atoms with Crippen LogP contribution in [-0.2, 0) is 26.1 Å². The van der Waals surface area contributed by atoms with Gasteiger partial charge in [0.05, 0.1) is 34.8 Å². The molecule has 1 N–H and O–H groups in total. The lowest BCUT2D eigenvalue weighted by molar-refractivity contribution is -0.143. The second kappa shape index (κ2) is 14.7. The van der Waals surface area contributed by atoms with E-state index in [1.165, 1.54) is 11.1 Å². The second-order valence-electron chi connectivity index (χ2n) is 12.2. The molecule has 1 aromatic carbocycles. The molecule has 0 saturated carbocycles. The van der Waals surface area contributed by atoms with Crippen molar-refractivity contribution in [3.63, 3.8) is 0 Å². The van der Waals surface area contributed by atoms with Crippen LogP contribution in [0.25, 0.3) is 32.5 Å². The third kappa shape index (κ3) is 7.85. The van der Waals surface area contributed by atoms with E-state index < -0.39 is 10.0 Å². The highest BCUT2D eigenvalue weighted by Crippen LogP contribution is 2.36. The molecule has 0 spiro atoms. The SMILES string of the molecule is CCOC(=O)CCCCCCN1CCN(c2nc(-c3cccc4[nH]ncc34)nc3cc(CN4CCN(S(C)(=O)=O)CC4)sc23)CC1. The molecule has 5 heterocycles. The van der Waals surface area contributed by atoms with Gasteiger partial charge in [0.1, 0.15) is 0 Å². The molecule has 2 aliphatic heterocycles. The van der Waals surface area contributed by atoms with E-state index in [-0.39, 0.29) is 5.97 Å². The van der Waals surface area contributed by atoms with Gasteiger partial charge in [-0.1, -0.05) is 25.0 Å². The van der Waals surface area contributed by atoms with Crippen molar-refractivity contribution >= 4 is 54.3 Å². The van der Waals surface area contributed by atoms with E-state index in [0.717, 1.165) is 97.5 Å². The first-order valence-corrected chi connectivity index (χ1v) is 19.0. The van der Waals surface area contributed by atoms with Crippen LogP contribution >= 0.6 is 11.3 Å². The number of esters is 1. The van der Waals surface area contributed by atoms with Crippen molar-refractivity contribution in [1.82, 2.24) is 34.3 Å². The van der Waals surface area contributed by atoms with Crippen LogP contribution in [0.4, 0.5) is 5.82 Å². The molecule has 0 radical (unpaired) electrons. The van der Waals surface area contributed by atoms with Crippen LogP contribution in [-0.4, -0.2) is 120 Å². The number of hydrogen-bond donors (Lipinski definition) is 1. The minimum absolute atomic E-state index is 0.0904. The quantitative estimate of drug-likeness (QED) is 0.165. The molecule has 12 nitrogen and oxygen atoms in total. The molecular formula is C32H44N8O4S2. The number of benzene rings is 1. The predicted octanol–water partition coefficient (Wildman–Crippen LogP) is 3.95. The molecule has 0 amide bonds. The molecule has 3 aromatic heterocycles. The van der Waals surface area contributed by atoms with Crippen LogP contribution < -0.4 is 4.90 Å². The van der Waals surface area contributed by atoms with Crippen molar-refractivity contribution < 1.29 is 17.9 Å². The van der Waals surface area contributed by atoms with E-state index in [0.29, 0.717) is 45.0 Å². The molecule has 14 heteroatoms. The summed E-state index contributed by atoms with van der Waals surface area (Å²) in [5.41, 5.74) is 2.86. The molecule has 2 fully saturated rings. The second-order valence-corrected chi connectivity index (χ2v) is 15.3. The normalized spacial score (nSPS) is 17.3. The Bertz CT molecular complexity index is 1740. The van der Waals surface area contributed by atoms with E-state index in [9.17, 15) is 13.2 Å². The van der Waals surface area contributed by atoms with Gasteiger partial charge in [0.25, 0.3) is 0 Å². The first-order valence-electron chi connectivity index (χ1n) is 16.3. The Labute approximate surface area is 274 Å². The van der Waals surface area contributed by atoms with Crippen LogP contribution in [0.15, 0.2) is 30.5 Å². The lowest BCUT2D eigenvalue weighted by Gasteiger charge is -2.35. The van der Waals surface area contributed by atoms with E-state index >= 15 is 0 Å². The molecule has 248 valence electrons. The number of H-pyrrole nitrogens is 1. The molecule has 0 atom stereocenters. The number of nitrogens with one attached hydrogen (secondary N) is 1. The Morgan fingerprint density at radius 2 is 1.74 bits per heavy atom. The maximum absolute atomic E-state index is 12.0. The summed E-state index contributed by atoms with van der Waals surface area (Å²) < 4.78 is 31.7. The number of sulfonamides is 1. The van der Waals surface area contributed by atoms with Crippen molar-refractivity contribution in [2.75, 3.05) is 76.7 Å². The smallest absolute Gasteiger partial charge is 0.305 e. The summed E-state index contributed by atoms with van der Waals surface area (Å²) in [7, 11) is -3.16. The monoisotopic (exact) mass is 668 g/mol. The highest BCUT2D eigenvalue weighted by Gasteiger charge is 2.26. The van der Waals surface area contributed by atoms with Gasteiger partial charge in [-0.05, 0) is 38.4 Å². The average Bonchev–Trinajstić information content (AvgIpc) is 3.69. The number of aromatic nitrogens is 4. The lowest BCUT2D eigenvalue weighted by atomic mass is 10.1. The third-order valence-corrected chi connectivity index (χ3v) is 11.3. The van der Waals surface area contributed by atoms with Crippen LogP contribution in [0, 0.1) is 0 Å².